The zero-order chi connectivity index (χ0) is 19.9. The van der Waals surface area contributed by atoms with Crippen molar-refractivity contribution in [2.75, 3.05) is 13.7 Å². The molecule has 3 heteroatoms. The molecule has 1 atom stereocenters. The van der Waals surface area contributed by atoms with Gasteiger partial charge in [-0.1, -0.05) is 57.0 Å². The smallest absolute Gasteiger partial charge is 0.119 e. The van der Waals surface area contributed by atoms with E-state index in [1.54, 1.807) is 7.11 Å². The van der Waals surface area contributed by atoms with Gasteiger partial charge in [0.1, 0.15) is 5.75 Å². The fourth-order valence-corrected chi connectivity index (χ4v) is 4.21. The Bertz CT molecular complexity index is 882. The van der Waals surface area contributed by atoms with Gasteiger partial charge in [0.15, 0.2) is 0 Å². The van der Waals surface area contributed by atoms with E-state index in [0.29, 0.717) is 5.92 Å². The number of unbranched alkanes of at least 4 members (excludes halogenated alkanes) is 1. The van der Waals surface area contributed by atoms with Crippen molar-refractivity contribution in [3.8, 4) is 5.75 Å². The molecule has 0 spiro atoms. The summed E-state index contributed by atoms with van der Waals surface area (Å²) in [7, 11) is 1.73. The van der Waals surface area contributed by atoms with Crippen LogP contribution in [-0.2, 0) is 13.0 Å². The highest BCUT2D eigenvalue weighted by Crippen LogP contribution is 2.37. The molecule has 150 valence electrons. The van der Waals surface area contributed by atoms with E-state index >= 15 is 0 Å². The quantitative estimate of drug-likeness (QED) is 0.475. The third kappa shape index (κ3) is 4.41. The first kappa shape index (κ1) is 20.5. The van der Waals surface area contributed by atoms with Crippen molar-refractivity contribution < 1.29 is 9.84 Å². The maximum absolute atomic E-state index is 9.51. The number of fused-ring (bicyclic) bond motifs is 1. The normalized spacial score (nSPS) is 12.4. The Hall–Kier alpha value is -2.26. The first-order valence-corrected chi connectivity index (χ1v) is 10.5. The highest BCUT2D eigenvalue weighted by molar-refractivity contribution is 5.87. The molecule has 0 saturated carbocycles. The van der Waals surface area contributed by atoms with Crippen molar-refractivity contribution in [3.05, 3.63) is 65.4 Å². The van der Waals surface area contributed by atoms with Crippen molar-refractivity contribution in [1.29, 1.82) is 0 Å². The molecular formula is C25H33NO2. The van der Waals surface area contributed by atoms with Gasteiger partial charge in [0, 0.05) is 29.7 Å². The van der Waals surface area contributed by atoms with E-state index in [2.05, 4.69) is 66.9 Å². The lowest BCUT2D eigenvalue weighted by atomic mass is 9.91. The summed E-state index contributed by atoms with van der Waals surface area (Å²) in [6.07, 6.45) is 5.31. The lowest BCUT2D eigenvalue weighted by molar-refractivity contribution is 0.287. The molecule has 0 fully saturated rings. The molecule has 1 aromatic heterocycles. The summed E-state index contributed by atoms with van der Waals surface area (Å²) in [4.78, 5) is 0. The molecule has 0 aliphatic rings. The van der Waals surface area contributed by atoms with Crippen molar-refractivity contribution >= 4 is 10.9 Å². The van der Waals surface area contributed by atoms with E-state index in [1.807, 2.05) is 0 Å². The van der Waals surface area contributed by atoms with Gasteiger partial charge in [-0.25, -0.2) is 0 Å². The van der Waals surface area contributed by atoms with E-state index in [0.717, 1.165) is 25.1 Å². The van der Waals surface area contributed by atoms with Crippen LogP contribution in [0.5, 0.6) is 5.75 Å². The predicted molar refractivity (Wildman–Crippen MR) is 117 cm³/mol. The third-order valence-corrected chi connectivity index (χ3v) is 5.66. The summed E-state index contributed by atoms with van der Waals surface area (Å²) in [5.41, 5.74) is 5.36. The number of hydrogen-bond acceptors (Lipinski definition) is 2. The average molecular weight is 380 g/mol. The number of benzene rings is 2. The molecule has 1 heterocycles. The van der Waals surface area contributed by atoms with Crippen LogP contribution in [0.25, 0.3) is 10.9 Å². The molecule has 0 amide bonds. The molecule has 28 heavy (non-hydrogen) atoms. The Morgan fingerprint density at radius 1 is 1.07 bits per heavy atom. The zero-order valence-corrected chi connectivity index (χ0v) is 17.4. The van der Waals surface area contributed by atoms with Crippen LogP contribution in [0, 0.1) is 0 Å². The number of aromatic nitrogens is 1. The van der Waals surface area contributed by atoms with Gasteiger partial charge in [0.25, 0.3) is 0 Å². The highest BCUT2D eigenvalue weighted by Gasteiger charge is 2.21. The average Bonchev–Trinajstić information content (AvgIpc) is 3.03. The third-order valence-electron chi connectivity index (χ3n) is 5.66. The van der Waals surface area contributed by atoms with Crippen LogP contribution in [0.15, 0.2) is 48.5 Å². The SMILES string of the molecule is CCCC[C@H](C)c1c(CCCO)n(Cc2ccccc2)c2ccc(OC)cc12. The zero-order valence-electron chi connectivity index (χ0n) is 17.4. The van der Waals surface area contributed by atoms with Gasteiger partial charge in [-0.3, -0.25) is 0 Å². The molecule has 0 radical (unpaired) electrons. The number of ether oxygens (including phenoxy) is 1. The molecule has 0 bridgehead atoms. The largest absolute Gasteiger partial charge is 0.497 e. The summed E-state index contributed by atoms with van der Waals surface area (Å²) in [5, 5.41) is 10.8. The molecule has 2 aromatic carbocycles. The van der Waals surface area contributed by atoms with Crippen LogP contribution < -0.4 is 4.74 Å². The van der Waals surface area contributed by atoms with Crippen molar-refractivity contribution in [2.45, 2.75) is 58.4 Å². The number of aliphatic hydroxyl groups is 1. The van der Waals surface area contributed by atoms with Gasteiger partial charge >= 0.3 is 0 Å². The predicted octanol–water partition coefficient (Wildman–Crippen LogP) is 5.92. The van der Waals surface area contributed by atoms with E-state index in [9.17, 15) is 5.11 Å². The van der Waals surface area contributed by atoms with Gasteiger partial charge in [0.2, 0.25) is 0 Å². The van der Waals surface area contributed by atoms with Gasteiger partial charge < -0.3 is 14.4 Å². The second-order valence-electron chi connectivity index (χ2n) is 7.69. The Labute approximate surface area is 169 Å². The van der Waals surface area contributed by atoms with E-state index in [-0.39, 0.29) is 6.61 Å². The summed E-state index contributed by atoms with van der Waals surface area (Å²) >= 11 is 0. The number of nitrogens with zero attached hydrogens (tertiary/aromatic N) is 1. The number of rotatable bonds is 10. The Morgan fingerprint density at radius 3 is 2.54 bits per heavy atom. The topological polar surface area (TPSA) is 34.4 Å². The van der Waals surface area contributed by atoms with Crippen LogP contribution in [0.3, 0.4) is 0 Å². The molecule has 0 aliphatic carbocycles. The fraction of sp³-hybridized carbons (Fsp3) is 0.440. The first-order chi connectivity index (χ1) is 13.7. The van der Waals surface area contributed by atoms with Crippen LogP contribution in [0.1, 0.15) is 62.3 Å². The number of methoxy groups -OCH3 is 1. The van der Waals surface area contributed by atoms with Gasteiger partial charge in [-0.15, -0.1) is 0 Å². The van der Waals surface area contributed by atoms with E-state index in [4.69, 9.17) is 4.74 Å². The van der Waals surface area contributed by atoms with Crippen LogP contribution in [0.4, 0.5) is 0 Å². The lowest BCUT2D eigenvalue weighted by Gasteiger charge is -2.16. The second-order valence-corrected chi connectivity index (χ2v) is 7.69. The molecule has 0 aliphatic heterocycles. The Balaban J connectivity index is 2.17. The van der Waals surface area contributed by atoms with Crippen molar-refractivity contribution in [1.82, 2.24) is 4.57 Å². The molecule has 3 aromatic rings. The lowest BCUT2D eigenvalue weighted by Crippen LogP contribution is -2.08. The Morgan fingerprint density at radius 2 is 1.86 bits per heavy atom. The van der Waals surface area contributed by atoms with Crippen LogP contribution >= 0.6 is 0 Å². The minimum atomic E-state index is 0.221. The van der Waals surface area contributed by atoms with Crippen molar-refractivity contribution in [2.24, 2.45) is 0 Å². The minimum Gasteiger partial charge on any atom is -0.497 e. The van der Waals surface area contributed by atoms with Gasteiger partial charge in [0.05, 0.1) is 7.11 Å². The monoisotopic (exact) mass is 379 g/mol. The van der Waals surface area contributed by atoms with Crippen LogP contribution in [0.2, 0.25) is 0 Å². The summed E-state index contributed by atoms with van der Waals surface area (Å²) in [6, 6.07) is 17.1. The minimum absolute atomic E-state index is 0.221. The summed E-state index contributed by atoms with van der Waals surface area (Å²) in [5.74, 6) is 1.39. The standard InChI is InChI=1S/C25H33NO2/c1-4-5-10-19(2)25-22-17-21(28-3)14-15-23(22)26(24(25)13-9-16-27)18-20-11-7-6-8-12-20/h6-8,11-12,14-15,17,19,27H,4-5,9-10,13,16,18H2,1-3H3/t19-/m0/s1. The van der Waals surface area contributed by atoms with Gasteiger partial charge in [-0.2, -0.15) is 0 Å². The summed E-state index contributed by atoms with van der Waals surface area (Å²) < 4.78 is 7.99. The van der Waals surface area contributed by atoms with E-state index in [1.165, 1.54) is 47.0 Å². The second kappa shape index (κ2) is 9.79. The van der Waals surface area contributed by atoms with Crippen molar-refractivity contribution in [3.63, 3.8) is 0 Å². The fourth-order valence-electron chi connectivity index (χ4n) is 4.21. The number of hydrogen-bond donors (Lipinski definition) is 1. The Kier molecular flexibility index (Phi) is 7.16. The van der Waals surface area contributed by atoms with Crippen LogP contribution in [-0.4, -0.2) is 23.4 Å². The molecule has 3 rings (SSSR count). The number of aliphatic hydroxyl groups excluding tert-OH is 1. The van der Waals surface area contributed by atoms with Gasteiger partial charge in [-0.05, 0) is 54.5 Å². The maximum atomic E-state index is 9.51. The molecular weight excluding hydrogens is 346 g/mol. The molecule has 0 unspecified atom stereocenters. The molecule has 1 N–H and O–H groups in total. The highest BCUT2D eigenvalue weighted by atomic mass is 16.5. The van der Waals surface area contributed by atoms with E-state index < -0.39 is 0 Å². The summed E-state index contributed by atoms with van der Waals surface area (Å²) in [6.45, 7) is 5.67. The first-order valence-electron chi connectivity index (χ1n) is 10.5. The molecule has 0 saturated heterocycles. The molecule has 3 nitrogen and oxygen atoms in total. The maximum Gasteiger partial charge on any atom is 0.119 e.